The summed E-state index contributed by atoms with van der Waals surface area (Å²) in [5.74, 6) is 0.114. The molecule has 0 saturated heterocycles. The third kappa shape index (κ3) is 3.56. The number of aromatic nitrogens is 4. The normalized spacial score (nSPS) is 10.8. The number of nitrogen functional groups attached to an aromatic ring is 1. The van der Waals surface area contributed by atoms with Crippen LogP contribution < -0.4 is 21.7 Å². The predicted molar refractivity (Wildman–Crippen MR) is 103 cm³/mol. The molecule has 0 saturated carbocycles. The lowest BCUT2D eigenvalue weighted by atomic mass is 10.2. The van der Waals surface area contributed by atoms with Crippen LogP contribution in [0.25, 0.3) is 11.5 Å². The maximum Gasteiger partial charge on any atom is 0.332 e. The zero-order valence-electron chi connectivity index (χ0n) is 15.3. The highest BCUT2D eigenvalue weighted by molar-refractivity contribution is 7.99. The summed E-state index contributed by atoms with van der Waals surface area (Å²) in [5.41, 5.74) is 4.89. The largest absolute Gasteiger partial charge is 0.497 e. The monoisotopic (exact) mass is 403 g/mol. The first kappa shape index (κ1) is 19.4. The van der Waals surface area contributed by atoms with Gasteiger partial charge in [0, 0.05) is 19.7 Å². The minimum atomic E-state index is -0.740. The molecule has 2 N–H and O–H groups in total. The SMILES string of the molecule is COc1ccc(-c2nnc(SCC(=O)c3c(N)n(C)c(=O)n(C)c3=O)o2)cc1. The number of nitrogens with two attached hydrogens (primary N) is 1. The Morgan fingerprint density at radius 2 is 1.86 bits per heavy atom. The van der Waals surface area contributed by atoms with Crippen LogP contribution in [0, 0.1) is 0 Å². The number of ether oxygens (including phenoxy) is 1. The summed E-state index contributed by atoms with van der Waals surface area (Å²) < 4.78 is 12.5. The minimum absolute atomic E-state index is 0.151. The van der Waals surface area contributed by atoms with Crippen LogP contribution in [0.5, 0.6) is 5.75 Å². The lowest BCUT2D eigenvalue weighted by molar-refractivity contribution is 0.102. The number of hydrogen-bond acceptors (Lipinski definition) is 9. The molecular weight excluding hydrogens is 386 g/mol. The van der Waals surface area contributed by atoms with Gasteiger partial charge < -0.3 is 14.9 Å². The molecule has 0 fully saturated rings. The second-order valence-electron chi connectivity index (χ2n) is 5.78. The fourth-order valence-corrected chi connectivity index (χ4v) is 3.08. The smallest absolute Gasteiger partial charge is 0.332 e. The molecule has 0 aliphatic heterocycles. The number of Topliss-reactive ketones (excluding diaryl/α,β-unsaturated/α-hetero) is 1. The number of ketones is 1. The lowest BCUT2D eigenvalue weighted by Gasteiger charge is -2.10. The summed E-state index contributed by atoms with van der Waals surface area (Å²) in [5, 5.41) is 8.00. The number of benzene rings is 1. The average molecular weight is 403 g/mol. The fourth-order valence-electron chi connectivity index (χ4n) is 2.44. The van der Waals surface area contributed by atoms with Crippen LogP contribution in [0.15, 0.2) is 43.5 Å². The van der Waals surface area contributed by atoms with Crippen molar-refractivity contribution < 1.29 is 13.9 Å². The number of anilines is 1. The molecule has 2 aromatic heterocycles. The summed E-state index contributed by atoms with van der Waals surface area (Å²) in [4.78, 5) is 36.6. The Labute approximate surface area is 162 Å². The van der Waals surface area contributed by atoms with Crippen LogP contribution in [-0.2, 0) is 14.1 Å². The van der Waals surface area contributed by atoms with E-state index in [1.54, 1.807) is 31.4 Å². The molecule has 0 unspecified atom stereocenters. The van der Waals surface area contributed by atoms with Gasteiger partial charge in [-0.3, -0.25) is 18.7 Å². The van der Waals surface area contributed by atoms with E-state index >= 15 is 0 Å². The molecule has 0 amide bonds. The van der Waals surface area contributed by atoms with Crippen molar-refractivity contribution in [3.05, 3.63) is 50.7 Å². The number of carbonyl (C=O) groups is 1. The topological polar surface area (TPSA) is 135 Å². The Hall–Kier alpha value is -3.34. The summed E-state index contributed by atoms with van der Waals surface area (Å²) in [7, 11) is 4.24. The summed E-state index contributed by atoms with van der Waals surface area (Å²) in [6.45, 7) is 0. The molecule has 0 bridgehead atoms. The Morgan fingerprint density at radius 1 is 1.18 bits per heavy atom. The quantitative estimate of drug-likeness (QED) is 0.466. The average Bonchev–Trinajstić information content (AvgIpc) is 3.18. The van der Waals surface area contributed by atoms with Crippen molar-refractivity contribution in [3.8, 4) is 17.2 Å². The van der Waals surface area contributed by atoms with Gasteiger partial charge in [-0.05, 0) is 24.3 Å². The Balaban J connectivity index is 1.77. The van der Waals surface area contributed by atoms with Crippen molar-refractivity contribution in [1.82, 2.24) is 19.3 Å². The van der Waals surface area contributed by atoms with Gasteiger partial charge in [-0.25, -0.2) is 4.79 Å². The molecule has 11 heteroatoms. The van der Waals surface area contributed by atoms with Crippen molar-refractivity contribution in [2.45, 2.75) is 5.22 Å². The summed E-state index contributed by atoms with van der Waals surface area (Å²) in [6.07, 6.45) is 0. The number of nitrogens with zero attached hydrogens (tertiary/aromatic N) is 4. The van der Waals surface area contributed by atoms with E-state index in [1.807, 2.05) is 0 Å². The van der Waals surface area contributed by atoms with E-state index in [9.17, 15) is 14.4 Å². The third-order valence-corrected chi connectivity index (χ3v) is 4.88. The molecule has 0 aliphatic carbocycles. The third-order valence-electron chi connectivity index (χ3n) is 4.06. The van der Waals surface area contributed by atoms with E-state index in [4.69, 9.17) is 14.9 Å². The van der Waals surface area contributed by atoms with Gasteiger partial charge >= 0.3 is 5.69 Å². The first-order chi connectivity index (χ1) is 13.3. The van der Waals surface area contributed by atoms with Gasteiger partial charge in [-0.15, -0.1) is 10.2 Å². The number of methoxy groups -OCH3 is 1. The Kier molecular flexibility index (Phi) is 5.36. The number of hydrogen-bond donors (Lipinski definition) is 1. The molecule has 3 aromatic rings. The van der Waals surface area contributed by atoms with E-state index in [2.05, 4.69) is 10.2 Å². The highest BCUT2D eigenvalue weighted by atomic mass is 32.2. The number of carbonyl (C=O) groups excluding carboxylic acids is 1. The van der Waals surface area contributed by atoms with Crippen LogP contribution in [0.1, 0.15) is 10.4 Å². The molecule has 146 valence electrons. The van der Waals surface area contributed by atoms with Crippen LogP contribution in [0.4, 0.5) is 5.82 Å². The minimum Gasteiger partial charge on any atom is -0.497 e. The van der Waals surface area contributed by atoms with Gasteiger partial charge in [0.1, 0.15) is 17.1 Å². The van der Waals surface area contributed by atoms with Gasteiger partial charge in [0.15, 0.2) is 5.78 Å². The summed E-state index contributed by atoms with van der Waals surface area (Å²) >= 11 is 0.974. The number of rotatable bonds is 6. The zero-order chi connectivity index (χ0) is 20.4. The van der Waals surface area contributed by atoms with Crippen molar-refractivity contribution in [2.75, 3.05) is 18.6 Å². The van der Waals surface area contributed by atoms with E-state index in [0.29, 0.717) is 11.3 Å². The number of thioether (sulfide) groups is 1. The molecule has 0 atom stereocenters. The van der Waals surface area contributed by atoms with E-state index < -0.39 is 17.0 Å². The molecule has 10 nitrogen and oxygen atoms in total. The summed E-state index contributed by atoms with van der Waals surface area (Å²) in [6, 6.07) is 7.05. The second-order valence-corrected chi connectivity index (χ2v) is 6.71. The van der Waals surface area contributed by atoms with Crippen molar-refractivity contribution >= 4 is 23.4 Å². The van der Waals surface area contributed by atoms with E-state index in [0.717, 1.165) is 20.9 Å². The molecule has 1 aromatic carbocycles. The van der Waals surface area contributed by atoms with Crippen molar-refractivity contribution in [2.24, 2.45) is 14.1 Å². The molecular formula is C17H17N5O5S. The maximum absolute atomic E-state index is 12.5. The highest BCUT2D eigenvalue weighted by Gasteiger charge is 2.21. The maximum atomic E-state index is 12.5. The fraction of sp³-hybridized carbons (Fsp3) is 0.235. The highest BCUT2D eigenvalue weighted by Crippen LogP contribution is 2.25. The van der Waals surface area contributed by atoms with Crippen LogP contribution >= 0.6 is 11.8 Å². The van der Waals surface area contributed by atoms with Gasteiger partial charge in [0.25, 0.3) is 10.8 Å². The Bertz CT molecular complexity index is 1150. The van der Waals surface area contributed by atoms with Crippen molar-refractivity contribution in [1.29, 1.82) is 0 Å². The first-order valence-corrected chi connectivity index (χ1v) is 9.01. The Morgan fingerprint density at radius 3 is 2.50 bits per heavy atom. The van der Waals surface area contributed by atoms with Gasteiger partial charge in [-0.1, -0.05) is 11.8 Å². The predicted octanol–water partition coefficient (Wildman–Crippen LogP) is 0.700. The van der Waals surface area contributed by atoms with Crippen LogP contribution in [0.3, 0.4) is 0 Å². The van der Waals surface area contributed by atoms with Crippen molar-refractivity contribution in [3.63, 3.8) is 0 Å². The van der Waals surface area contributed by atoms with Crippen LogP contribution in [0.2, 0.25) is 0 Å². The van der Waals surface area contributed by atoms with Gasteiger partial charge in [-0.2, -0.15) is 0 Å². The first-order valence-electron chi connectivity index (χ1n) is 8.03. The molecule has 28 heavy (non-hydrogen) atoms. The standard InChI is InChI=1S/C17H17N5O5S/c1-21-13(18)12(15(24)22(2)17(21)25)11(23)8-28-16-20-19-14(27-16)9-4-6-10(26-3)7-5-9/h4-7H,8,18H2,1-3H3. The molecule has 0 aliphatic rings. The second kappa shape index (κ2) is 7.72. The molecule has 0 spiro atoms. The molecule has 0 radical (unpaired) electrons. The van der Waals surface area contributed by atoms with Crippen LogP contribution in [-0.4, -0.2) is 38.0 Å². The van der Waals surface area contributed by atoms with E-state index in [1.165, 1.54) is 14.1 Å². The van der Waals surface area contributed by atoms with Gasteiger partial charge in [0.05, 0.1) is 12.9 Å². The van der Waals surface area contributed by atoms with E-state index in [-0.39, 0.29) is 28.2 Å². The zero-order valence-corrected chi connectivity index (χ0v) is 16.1. The lowest BCUT2D eigenvalue weighted by Crippen LogP contribution is -2.41. The van der Waals surface area contributed by atoms with Gasteiger partial charge in [0.2, 0.25) is 5.89 Å². The molecule has 2 heterocycles. The molecule has 3 rings (SSSR count).